The maximum absolute atomic E-state index is 12.4. The molecule has 1 aliphatic rings. The second-order valence-electron chi connectivity index (χ2n) is 5.47. The number of hydrogen-bond acceptors (Lipinski definition) is 4. The average Bonchev–Trinajstić information content (AvgIpc) is 2.43. The second-order valence-corrected chi connectivity index (χ2v) is 5.47. The van der Waals surface area contributed by atoms with Crippen molar-refractivity contribution in [3.05, 3.63) is 24.3 Å². The van der Waals surface area contributed by atoms with Gasteiger partial charge in [-0.05, 0) is 38.1 Å². The Kier molecular flexibility index (Phi) is 4.62. The van der Waals surface area contributed by atoms with E-state index in [2.05, 4.69) is 11.8 Å². The van der Waals surface area contributed by atoms with Crippen LogP contribution in [-0.4, -0.2) is 49.7 Å². The minimum Gasteiger partial charge on any atom is -0.399 e. The molecular formula is C15H23N3O2. The summed E-state index contributed by atoms with van der Waals surface area (Å²) in [5, 5.41) is 0. The van der Waals surface area contributed by atoms with Crippen molar-refractivity contribution in [1.29, 1.82) is 0 Å². The average molecular weight is 277 g/mol. The Morgan fingerprint density at radius 2 is 2.05 bits per heavy atom. The fourth-order valence-electron chi connectivity index (χ4n) is 2.31. The highest BCUT2D eigenvalue weighted by molar-refractivity contribution is 5.94. The molecule has 1 aliphatic heterocycles. The highest BCUT2D eigenvalue weighted by atomic mass is 16.5. The van der Waals surface area contributed by atoms with Crippen LogP contribution in [-0.2, 0) is 9.53 Å². The summed E-state index contributed by atoms with van der Waals surface area (Å²) in [4.78, 5) is 16.2. The van der Waals surface area contributed by atoms with Gasteiger partial charge < -0.3 is 15.4 Å². The predicted octanol–water partition coefficient (Wildman–Crippen LogP) is 1.34. The molecule has 1 aromatic carbocycles. The van der Waals surface area contributed by atoms with Crippen LogP contribution in [0.2, 0.25) is 0 Å². The normalized spacial score (nSPS) is 23.6. The first kappa shape index (κ1) is 14.8. The number of rotatable bonds is 3. The zero-order valence-corrected chi connectivity index (χ0v) is 12.4. The summed E-state index contributed by atoms with van der Waals surface area (Å²) >= 11 is 0. The largest absolute Gasteiger partial charge is 0.399 e. The van der Waals surface area contributed by atoms with E-state index in [0.717, 1.165) is 12.2 Å². The van der Waals surface area contributed by atoms with Gasteiger partial charge in [-0.2, -0.15) is 0 Å². The number of carbonyl (C=O) groups excluding carboxylic acids is 1. The maximum atomic E-state index is 12.4. The summed E-state index contributed by atoms with van der Waals surface area (Å²) in [6, 6.07) is 7.60. The Morgan fingerprint density at radius 3 is 2.70 bits per heavy atom. The zero-order valence-electron chi connectivity index (χ0n) is 12.4. The van der Waals surface area contributed by atoms with Gasteiger partial charge in [0.25, 0.3) is 0 Å². The van der Waals surface area contributed by atoms with Crippen LogP contribution in [0.5, 0.6) is 0 Å². The lowest BCUT2D eigenvalue weighted by Crippen LogP contribution is -2.51. The minimum absolute atomic E-state index is 0.0794. The molecule has 110 valence electrons. The van der Waals surface area contributed by atoms with Crippen molar-refractivity contribution >= 4 is 17.3 Å². The van der Waals surface area contributed by atoms with Crippen molar-refractivity contribution in [3.8, 4) is 0 Å². The molecule has 1 fully saturated rings. The van der Waals surface area contributed by atoms with Crippen LogP contribution in [0.15, 0.2) is 24.3 Å². The number of ether oxygens (including phenoxy) is 1. The van der Waals surface area contributed by atoms with Crippen molar-refractivity contribution in [2.45, 2.75) is 26.0 Å². The summed E-state index contributed by atoms with van der Waals surface area (Å²) in [6.07, 6.45) is 0.181. The molecule has 0 bridgehead atoms. The maximum Gasteiger partial charge on any atom is 0.240 e. The molecule has 0 aliphatic carbocycles. The molecule has 2 unspecified atom stereocenters. The molecule has 2 N–H and O–H groups in total. The van der Waals surface area contributed by atoms with Crippen molar-refractivity contribution in [3.63, 3.8) is 0 Å². The molecule has 0 aromatic heterocycles. The second kappa shape index (κ2) is 6.24. The monoisotopic (exact) mass is 277 g/mol. The van der Waals surface area contributed by atoms with Gasteiger partial charge >= 0.3 is 0 Å². The van der Waals surface area contributed by atoms with E-state index < -0.39 is 0 Å². The van der Waals surface area contributed by atoms with Crippen LogP contribution in [0.25, 0.3) is 0 Å². The molecule has 1 aromatic rings. The molecule has 2 atom stereocenters. The molecular weight excluding hydrogens is 254 g/mol. The minimum atomic E-state index is 0.0794. The van der Waals surface area contributed by atoms with E-state index >= 15 is 0 Å². The number of anilines is 2. The number of nitrogen functional groups attached to an aromatic ring is 1. The van der Waals surface area contributed by atoms with E-state index in [0.29, 0.717) is 18.8 Å². The third kappa shape index (κ3) is 3.49. The molecule has 0 spiro atoms. The SMILES string of the molecule is CC1CN(CC(=O)N(C)c2ccc(N)cc2)C(C)CO1. The lowest BCUT2D eigenvalue weighted by Gasteiger charge is -2.37. The number of hydrogen-bond donors (Lipinski definition) is 1. The zero-order chi connectivity index (χ0) is 14.7. The molecule has 1 amide bonds. The van der Waals surface area contributed by atoms with Crippen LogP contribution >= 0.6 is 0 Å². The van der Waals surface area contributed by atoms with Crippen molar-refractivity contribution in [1.82, 2.24) is 4.90 Å². The van der Waals surface area contributed by atoms with Gasteiger partial charge in [-0.3, -0.25) is 9.69 Å². The number of amides is 1. The molecule has 2 rings (SSSR count). The molecule has 1 saturated heterocycles. The van der Waals surface area contributed by atoms with E-state index in [9.17, 15) is 4.79 Å². The van der Waals surface area contributed by atoms with Gasteiger partial charge in [0.2, 0.25) is 5.91 Å². The third-order valence-corrected chi connectivity index (χ3v) is 3.73. The highest BCUT2D eigenvalue weighted by Gasteiger charge is 2.26. The molecule has 20 heavy (non-hydrogen) atoms. The fourth-order valence-corrected chi connectivity index (χ4v) is 2.31. The Labute approximate surface area is 120 Å². The Balaban J connectivity index is 1.98. The van der Waals surface area contributed by atoms with Gasteiger partial charge in [0.1, 0.15) is 0 Å². The van der Waals surface area contributed by atoms with E-state index in [1.807, 2.05) is 19.1 Å². The summed E-state index contributed by atoms with van der Waals surface area (Å²) in [5.74, 6) is 0.0794. The van der Waals surface area contributed by atoms with Gasteiger partial charge in [0.15, 0.2) is 0 Å². The molecule has 5 heteroatoms. The quantitative estimate of drug-likeness (QED) is 0.847. The van der Waals surface area contributed by atoms with Crippen LogP contribution in [0, 0.1) is 0 Å². The number of nitrogens with two attached hydrogens (primary N) is 1. The van der Waals surface area contributed by atoms with Gasteiger partial charge in [0.05, 0.1) is 19.3 Å². The van der Waals surface area contributed by atoms with Crippen LogP contribution in [0.4, 0.5) is 11.4 Å². The highest BCUT2D eigenvalue weighted by Crippen LogP contribution is 2.16. The summed E-state index contributed by atoms with van der Waals surface area (Å²) in [7, 11) is 1.79. The first-order chi connectivity index (χ1) is 9.47. The Morgan fingerprint density at radius 1 is 1.40 bits per heavy atom. The van der Waals surface area contributed by atoms with Crippen LogP contribution in [0.3, 0.4) is 0 Å². The predicted molar refractivity (Wildman–Crippen MR) is 80.7 cm³/mol. The fraction of sp³-hybridized carbons (Fsp3) is 0.533. The Bertz CT molecular complexity index is 461. The van der Waals surface area contributed by atoms with Crippen molar-refractivity contribution in [2.24, 2.45) is 0 Å². The molecule has 0 radical (unpaired) electrons. The third-order valence-electron chi connectivity index (χ3n) is 3.73. The van der Waals surface area contributed by atoms with E-state index in [1.54, 1.807) is 24.1 Å². The number of likely N-dealkylation sites (N-methyl/N-ethyl adjacent to an activating group) is 1. The molecule has 0 saturated carbocycles. The Hall–Kier alpha value is -1.59. The van der Waals surface area contributed by atoms with Gasteiger partial charge in [-0.25, -0.2) is 0 Å². The molecule has 5 nitrogen and oxygen atoms in total. The van der Waals surface area contributed by atoms with E-state index in [1.165, 1.54) is 0 Å². The smallest absolute Gasteiger partial charge is 0.240 e. The van der Waals surface area contributed by atoms with Crippen LogP contribution in [0.1, 0.15) is 13.8 Å². The summed E-state index contributed by atoms with van der Waals surface area (Å²) in [6.45, 7) is 6.01. The first-order valence-corrected chi connectivity index (χ1v) is 6.95. The lowest BCUT2D eigenvalue weighted by atomic mass is 10.2. The van der Waals surface area contributed by atoms with Crippen molar-refractivity contribution < 1.29 is 9.53 Å². The number of carbonyl (C=O) groups is 1. The van der Waals surface area contributed by atoms with Gasteiger partial charge in [0, 0.05) is 31.0 Å². The standard InChI is InChI=1S/C15H23N3O2/c1-11-10-20-12(2)8-18(11)9-15(19)17(3)14-6-4-13(16)5-7-14/h4-7,11-12H,8-10,16H2,1-3H3. The first-order valence-electron chi connectivity index (χ1n) is 6.95. The van der Waals surface area contributed by atoms with E-state index in [4.69, 9.17) is 10.5 Å². The van der Waals surface area contributed by atoms with Gasteiger partial charge in [-0.1, -0.05) is 0 Å². The van der Waals surface area contributed by atoms with E-state index in [-0.39, 0.29) is 18.1 Å². The topological polar surface area (TPSA) is 58.8 Å². The number of nitrogens with zero attached hydrogens (tertiary/aromatic N) is 2. The number of benzene rings is 1. The van der Waals surface area contributed by atoms with Crippen molar-refractivity contribution in [2.75, 3.05) is 37.4 Å². The van der Waals surface area contributed by atoms with Gasteiger partial charge in [-0.15, -0.1) is 0 Å². The summed E-state index contributed by atoms with van der Waals surface area (Å²) < 4.78 is 5.58. The van der Waals surface area contributed by atoms with Crippen LogP contribution < -0.4 is 10.6 Å². The lowest BCUT2D eigenvalue weighted by molar-refractivity contribution is -0.123. The molecule has 1 heterocycles. The number of morpholine rings is 1. The summed E-state index contributed by atoms with van der Waals surface area (Å²) in [5.41, 5.74) is 7.22.